The number of halogens is 15. The molecule has 0 aliphatic carbocycles. The molecule has 0 fully saturated rings. The molecule has 0 heterocycles. The zero-order valence-electron chi connectivity index (χ0n) is 14.0. The molecule has 0 aromatic carbocycles. The van der Waals surface area contributed by atoms with E-state index in [-0.39, 0.29) is 0 Å². The predicted molar refractivity (Wildman–Crippen MR) is 61.9 cm³/mol. The first-order valence-electron chi connectivity index (χ1n) is 6.60. The molecule has 0 unspecified atom stereocenters. The van der Waals surface area contributed by atoms with Crippen LogP contribution in [0, 0.1) is 0 Å². The van der Waals surface area contributed by atoms with Crippen LogP contribution in [0.5, 0.6) is 0 Å². The number of rotatable bonds is 7. The number of hydrogen-bond donors (Lipinski definition) is 1. The van der Waals surface area contributed by atoms with E-state index in [1.165, 1.54) is 0 Å². The molecule has 0 spiro atoms. The van der Waals surface area contributed by atoms with Gasteiger partial charge in [-0.15, -0.1) is 0 Å². The van der Waals surface area contributed by atoms with Crippen molar-refractivity contribution < 1.29 is 75.2 Å². The molecule has 0 aromatic rings. The third-order valence-electron chi connectivity index (χ3n) is 3.05. The minimum absolute atomic E-state index is 0.733. The van der Waals surface area contributed by atoms with Gasteiger partial charge in [-0.25, -0.2) is 4.59 Å². The lowest BCUT2D eigenvalue weighted by molar-refractivity contribution is -0.906. The molecule has 1 N–H and O–H groups in total. The molecule has 0 aliphatic rings. The smallest absolute Gasteiger partial charge is 0.263 e. The van der Waals surface area contributed by atoms with Crippen molar-refractivity contribution >= 4 is 5.91 Å². The Kier molecular flexibility index (Phi) is 6.32. The molecule has 1 amide bonds. The largest absolute Gasteiger partial charge is 0.460 e. The van der Waals surface area contributed by atoms with Crippen molar-refractivity contribution in [2.24, 2.45) is 0 Å². The highest BCUT2D eigenvalue weighted by Crippen LogP contribution is 2.62. The lowest BCUT2D eigenvalue weighted by atomic mass is 9.91. The Morgan fingerprint density at radius 1 is 0.552 bits per heavy atom. The summed E-state index contributed by atoms with van der Waals surface area (Å²) in [5.41, 5.74) is 0.857. The molecule has 0 atom stereocenters. The van der Waals surface area contributed by atoms with Crippen LogP contribution in [0.15, 0.2) is 0 Å². The minimum Gasteiger partial charge on any atom is -0.263 e. The minimum atomic E-state index is -8.41. The molecule has 18 heteroatoms. The second-order valence-corrected chi connectivity index (χ2v) is 6.40. The average molecular weight is 471 g/mol. The fourth-order valence-electron chi connectivity index (χ4n) is 1.48. The summed E-state index contributed by atoms with van der Waals surface area (Å²) in [7, 11) is 2.20. The number of nitrogens with zero attached hydrogens (tertiary/aromatic N) is 1. The summed E-state index contributed by atoms with van der Waals surface area (Å²) in [5, 5.41) is 0. The predicted octanol–water partition coefficient (Wildman–Crippen LogP) is 4.10. The quantitative estimate of drug-likeness (QED) is 0.339. The summed E-state index contributed by atoms with van der Waals surface area (Å²) < 4.78 is 192. The van der Waals surface area contributed by atoms with Gasteiger partial charge in [0.25, 0.3) is 0 Å². The van der Waals surface area contributed by atoms with Crippen LogP contribution in [0.2, 0.25) is 0 Å². The van der Waals surface area contributed by atoms with Crippen LogP contribution in [0.25, 0.3) is 0 Å². The number of quaternary nitrogens is 1. The van der Waals surface area contributed by atoms with Gasteiger partial charge in [-0.05, 0) is 0 Å². The van der Waals surface area contributed by atoms with Crippen molar-refractivity contribution in [2.75, 3.05) is 21.1 Å². The van der Waals surface area contributed by atoms with Crippen molar-refractivity contribution in [2.45, 2.75) is 41.7 Å². The van der Waals surface area contributed by atoms with Crippen molar-refractivity contribution in [3.63, 3.8) is 0 Å². The molecule has 29 heavy (non-hydrogen) atoms. The third-order valence-corrected chi connectivity index (χ3v) is 3.05. The second kappa shape index (κ2) is 6.69. The highest BCUT2D eigenvalue weighted by Gasteiger charge is 2.94. The van der Waals surface area contributed by atoms with Gasteiger partial charge in [0.2, 0.25) is 0 Å². The summed E-state index contributed by atoms with van der Waals surface area (Å²) in [4.78, 5) is 11.1. The van der Waals surface area contributed by atoms with E-state index >= 15 is 0 Å². The van der Waals surface area contributed by atoms with Gasteiger partial charge < -0.3 is 0 Å². The van der Waals surface area contributed by atoms with Crippen molar-refractivity contribution in [3.05, 3.63) is 0 Å². The van der Waals surface area contributed by atoms with Crippen molar-refractivity contribution in [1.29, 1.82) is 0 Å². The summed E-state index contributed by atoms with van der Waals surface area (Å²) in [6.45, 7) is 0. The number of amides is 1. The van der Waals surface area contributed by atoms with Gasteiger partial charge in [0.15, 0.2) is 0 Å². The Morgan fingerprint density at radius 3 is 1.10 bits per heavy atom. The van der Waals surface area contributed by atoms with E-state index in [1.54, 1.807) is 0 Å². The Balaban J connectivity index is 6.54. The molecular weight excluding hydrogens is 461 g/mol. The van der Waals surface area contributed by atoms with Crippen molar-refractivity contribution in [1.82, 2.24) is 5.43 Å². The van der Waals surface area contributed by atoms with Crippen LogP contribution in [0.3, 0.4) is 0 Å². The van der Waals surface area contributed by atoms with Crippen LogP contribution in [-0.2, 0) is 4.79 Å². The fraction of sp³-hybridized carbons (Fsp3) is 0.909. The van der Waals surface area contributed by atoms with Gasteiger partial charge in [0.05, 0.1) is 21.1 Å². The Hall–Kier alpha value is -1.62. The van der Waals surface area contributed by atoms with Gasteiger partial charge in [-0.2, -0.15) is 71.3 Å². The molecule has 0 rings (SSSR count). The average Bonchev–Trinajstić information content (AvgIpc) is 2.42. The van der Waals surface area contributed by atoms with Crippen LogP contribution in [0.4, 0.5) is 65.9 Å². The Morgan fingerprint density at radius 2 is 0.828 bits per heavy atom. The van der Waals surface area contributed by atoms with Gasteiger partial charge in [-0.3, -0.25) is 4.79 Å². The zero-order valence-corrected chi connectivity index (χ0v) is 14.0. The Labute approximate surface area is 151 Å². The van der Waals surface area contributed by atoms with Crippen LogP contribution < -0.4 is 5.43 Å². The molecule has 0 bridgehead atoms. The molecule has 0 radical (unpaired) electrons. The SMILES string of the molecule is C[N+](C)(C)NC(=O)C(F)(F)C(F)(F)C(F)(F)C(F)(F)C(F)(F)C(F)(F)C(F)(F)F. The van der Waals surface area contributed by atoms with E-state index in [1.807, 2.05) is 0 Å². The first-order valence-corrected chi connectivity index (χ1v) is 6.60. The lowest BCUT2D eigenvalue weighted by Gasteiger charge is -2.41. The summed E-state index contributed by atoms with van der Waals surface area (Å²) in [6, 6.07) is 0. The van der Waals surface area contributed by atoms with E-state index in [4.69, 9.17) is 0 Å². The molecule has 174 valence electrons. The van der Waals surface area contributed by atoms with Gasteiger partial charge in [0.1, 0.15) is 0 Å². The Bertz CT molecular complexity index is 631. The van der Waals surface area contributed by atoms with Gasteiger partial charge in [0, 0.05) is 0 Å². The standard InChI is InChI=1S/C11H9F15N2O/c1-28(2,3)27-4(29)5(12,13)6(14,15)7(16,17)8(18,19)9(20,21)10(22,23)11(24,25)26/h1-3H3/p+1. The highest BCUT2D eigenvalue weighted by molar-refractivity contribution is 5.83. The van der Waals surface area contributed by atoms with Crippen LogP contribution in [-0.4, -0.2) is 73.4 Å². The molecule has 0 aliphatic heterocycles. The maximum absolute atomic E-state index is 13.4. The number of alkyl halides is 15. The third kappa shape index (κ3) is 3.90. The zero-order chi connectivity index (χ0) is 24.3. The van der Waals surface area contributed by atoms with Crippen LogP contribution >= 0.6 is 0 Å². The van der Waals surface area contributed by atoms with Gasteiger partial charge >= 0.3 is 47.6 Å². The van der Waals surface area contributed by atoms with Crippen LogP contribution in [0.1, 0.15) is 0 Å². The fourth-order valence-corrected chi connectivity index (χ4v) is 1.48. The number of nitrogens with one attached hydrogen (secondary N) is 1. The maximum Gasteiger partial charge on any atom is 0.460 e. The molecule has 0 saturated carbocycles. The molecule has 0 aromatic heterocycles. The van der Waals surface area contributed by atoms with E-state index in [9.17, 15) is 70.7 Å². The van der Waals surface area contributed by atoms with E-state index in [0.717, 1.165) is 26.6 Å². The number of carbonyl (C=O) groups excluding carboxylic acids is 1. The maximum atomic E-state index is 13.4. The topological polar surface area (TPSA) is 29.1 Å². The number of carbonyl (C=O) groups is 1. The molecule has 3 nitrogen and oxygen atoms in total. The number of hydrogen-bond acceptors (Lipinski definition) is 1. The van der Waals surface area contributed by atoms with Crippen molar-refractivity contribution in [3.8, 4) is 0 Å². The highest BCUT2D eigenvalue weighted by atomic mass is 19.4. The second-order valence-electron chi connectivity index (χ2n) is 6.40. The van der Waals surface area contributed by atoms with Gasteiger partial charge in [-0.1, -0.05) is 0 Å². The van der Waals surface area contributed by atoms with E-state index in [2.05, 4.69) is 0 Å². The first-order chi connectivity index (χ1) is 12.1. The lowest BCUT2D eigenvalue weighted by Crippen LogP contribution is -2.74. The molecule has 0 saturated heterocycles. The summed E-state index contributed by atoms with van der Waals surface area (Å²) in [5.74, 6) is -51.3. The first kappa shape index (κ1) is 27.4. The summed E-state index contributed by atoms with van der Waals surface area (Å²) in [6.07, 6.45) is -7.67. The van der Waals surface area contributed by atoms with E-state index in [0.29, 0.717) is 0 Å². The monoisotopic (exact) mass is 471 g/mol. The summed E-state index contributed by atoms with van der Waals surface area (Å²) >= 11 is 0. The van der Waals surface area contributed by atoms with E-state index < -0.39 is 52.2 Å². The molecular formula is C11H10F15N2O+. The normalized spacial score (nSPS) is 16.1.